The number of aliphatic carboxylic acids is 1. The minimum Gasteiger partial charge on any atom is -0.477 e. The summed E-state index contributed by atoms with van der Waals surface area (Å²) in [5.74, 6) is -1.02. The van der Waals surface area contributed by atoms with Crippen molar-refractivity contribution in [3.05, 3.63) is 82.2 Å². The molecule has 1 unspecified atom stereocenters. The average molecular weight is 369 g/mol. The summed E-state index contributed by atoms with van der Waals surface area (Å²) >= 11 is 0. The van der Waals surface area contributed by atoms with Crippen molar-refractivity contribution in [1.29, 1.82) is 0 Å². The van der Waals surface area contributed by atoms with Gasteiger partial charge in [0.15, 0.2) is 5.71 Å². The first-order valence-corrected chi connectivity index (χ1v) is 9.15. The maximum atomic E-state index is 11.8. The lowest BCUT2D eigenvalue weighted by atomic mass is 9.66. The molecule has 138 valence electrons. The number of carbonyl (C=O) groups is 1. The molecule has 28 heavy (non-hydrogen) atoms. The van der Waals surface area contributed by atoms with E-state index >= 15 is 0 Å². The average Bonchev–Trinajstić information content (AvgIpc) is 3.21. The maximum Gasteiger partial charge on any atom is 0.354 e. The van der Waals surface area contributed by atoms with Gasteiger partial charge in [-0.3, -0.25) is 0 Å². The molecule has 1 aliphatic carbocycles. The van der Waals surface area contributed by atoms with Crippen LogP contribution < -0.4 is 5.73 Å². The molecule has 5 nitrogen and oxygen atoms in total. The number of nitrogens with two attached hydrogens (primary N) is 1. The second-order valence-electron chi connectivity index (χ2n) is 7.47. The van der Waals surface area contributed by atoms with Gasteiger partial charge in [0, 0.05) is 27.8 Å². The number of aromatic amines is 1. The zero-order chi connectivity index (χ0) is 19.6. The van der Waals surface area contributed by atoms with Crippen LogP contribution >= 0.6 is 0 Å². The SMILES string of the molecule is CC1=C2C(=Cc3c([nH]c4ccccc34)C2(C)c2ccccc2N)N=C1C(=O)O. The van der Waals surface area contributed by atoms with Crippen LogP contribution in [0.2, 0.25) is 0 Å². The van der Waals surface area contributed by atoms with Crippen molar-refractivity contribution in [2.45, 2.75) is 19.3 Å². The first-order chi connectivity index (χ1) is 13.4. The highest BCUT2D eigenvalue weighted by Gasteiger charge is 2.46. The fourth-order valence-corrected chi connectivity index (χ4v) is 4.71. The summed E-state index contributed by atoms with van der Waals surface area (Å²) in [6.07, 6.45) is 1.99. The lowest BCUT2D eigenvalue weighted by Crippen LogP contribution is -2.32. The number of aromatic nitrogens is 1. The highest BCUT2D eigenvalue weighted by Crippen LogP contribution is 2.53. The third-order valence-electron chi connectivity index (χ3n) is 5.95. The second-order valence-corrected chi connectivity index (χ2v) is 7.47. The van der Waals surface area contributed by atoms with Gasteiger partial charge in [-0.15, -0.1) is 0 Å². The van der Waals surface area contributed by atoms with E-state index in [2.05, 4.69) is 23.0 Å². The van der Waals surface area contributed by atoms with Gasteiger partial charge in [0.2, 0.25) is 0 Å². The molecule has 5 rings (SSSR count). The number of benzene rings is 2. The summed E-state index contributed by atoms with van der Waals surface area (Å²) in [4.78, 5) is 19.8. The number of fused-ring (bicyclic) bond motifs is 4. The van der Waals surface area contributed by atoms with Crippen molar-refractivity contribution >= 4 is 34.3 Å². The molecular formula is C23H19N3O2. The van der Waals surface area contributed by atoms with E-state index in [1.54, 1.807) is 0 Å². The Morgan fingerprint density at radius 2 is 1.86 bits per heavy atom. The van der Waals surface area contributed by atoms with E-state index in [1.165, 1.54) is 0 Å². The number of nitrogens with zero attached hydrogens (tertiary/aromatic N) is 1. The first-order valence-electron chi connectivity index (χ1n) is 9.15. The minimum atomic E-state index is -1.02. The van der Waals surface area contributed by atoms with E-state index in [4.69, 9.17) is 5.73 Å². The van der Waals surface area contributed by atoms with Crippen LogP contribution in [0.3, 0.4) is 0 Å². The normalized spacial score (nSPS) is 20.6. The van der Waals surface area contributed by atoms with Gasteiger partial charge in [0.25, 0.3) is 0 Å². The summed E-state index contributed by atoms with van der Waals surface area (Å²) in [7, 11) is 0. The van der Waals surface area contributed by atoms with Crippen LogP contribution in [0, 0.1) is 0 Å². The fraction of sp³-hybridized carbons (Fsp3) is 0.130. The second kappa shape index (κ2) is 5.45. The number of anilines is 1. The van der Waals surface area contributed by atoms with E-state index < -0.39 is 11.4 Å². The van der Waals surface area contributed by atoms with Gasteiger partial charge in [-0.1, -0.05) is 36.4 Å². The number of hydrogen-bond donors (Lipinski definition) is 3. The Kier molecular flexibility index (Phi) is 3.23. The molecule has 0 spiro atoms. The molecule has 2 aromatic carbocycles. The number of carboxylic acids is 1. The van der Waals surface area contributed by atoms with Crippen LogP contribution in [0.15, 0.2) is 70.4 Å². The number of nitrogen functional groups attached to an aromatic ring is 1. The Morgan fingerprint density at radius 3 is 2.61 bits per heavy atom. The smallest absolute Gasteiger partial charge is 0.354 e. The van der Waals surface area contributed by atoms with Gasteiger partial charge in [-0.2, -0.15) is 0 Å². The molecule has 0 saturated carbocycles. The highest BCUT2D eigenvalue weighted by atomic mass is 16.4. The molecule has 4 N–H and O–H groups in total. The van der Waals surface area contributed by atoms with Crippen molar-refractivity contribution in [3.63, 3.8) is 0 Å². The van der Waals surface area contributed by atoms with Crippen LogP contribution in [0.5, 0.6) is 0 Å². The Morgan fingerprint density at radius 1 is 1.14 bits per heavy atom. The predicted molar refractivity (Wildman–Crippen MR) is 111 cm³/mol. The zero-order valence-electron chi connectivity index (χ0n) is 15.6. The van der Waals surface area contributed by atoms with Crippen molar-refractivity contribution in [1.82, 2.24) is 4.98 Å². The number of aliphatic imine (C=N–C) groups is 1. The Bertz CT molecular complexity index is 1280. The van der Waals surface area contributed by atoms with Crippen LogP contribution in [0.1, 0.15) is 30.7 Å². The van der Waals surface area contributed by atoms with Crippen LogP contribution in [-0.2, 0) is 10.2 Å². The van der Waals surface area contributed by atoms with Crippen molar-refractivity contribution in [3.8, 4) is 0 Å². The summed E-state index contributed by atoms with van der Waals surface area (Å²) < 4.78 is 0. The molecule has 0 bridgehead atoms. The third kappa shape index (κ3) is 1.96. The number of hydrogen-bond acceptors (Lipinski definition) is 3. The number of allylic oxidation sites excluding steroid dienone is 1. The lowest BCUT2D eigenvalue weighted by Gasteiger charge is -2.36. The standard InChI is InChI=1S/C23H19N3O2/c1-12-19-18(25-20(12)22(27)28)11-14-13-7-3-6-10-17(13)26-21(14)23(19,2)15-8-4-5-9-16(15)24/h3-11,26H,24H2,1-2H3,(H,27,28). The molecule has 1 atom stereocenters. The number of carboxylic acid groups (broad SMARTS) is 1. The Hall–Kier alpha value is -3.60. The number of para-hydroxylation sites is 2. The topological polar surface area (TPSA) is 91.5 Å². The van der Waals surface area contributed by atoms with Crippen LogP contribution in [0.25, 0.3) is 17.0 Å². The van der Waals surface area contributed by atoms with Crippen molar-refractivity contribution in [2.75, 3.05) is 5.73 Å². The molecular weight excluding hydrogens is 350 g/mol. The number of nitrogens with one attached hydrogen (secondary N) is 1. The molecule has 0 fully saturated rings. The molecule has 1 aromatic heterocycles. The largest absolute Gasteiger partial charge is 0.477 e. The number of rotatable bonds is 2. The monoisotopic (exact) mass is 369 g/mol. The van der Waals surface area contributed by atoms with Gasteiger partial charge in [-0.05, 0) is 48.8 Å². The molecule has 1 aliphatic heterocycles. The maximum absolute atomic E-state index is 11.8. The van der Waals surface area contributed by atoms with Gasteiger partial charge in [-0.25, -0.2) is 9.79 Å². The molecule has 2 aliphatic rings. The lowest BCUT2D eigenvalue weighted by molar-refractivity contribution is -0.129. The summed E-state index contributed by atoms with van der Waals surface area (Å²) in [5.41, 5.74) is 12.8. The van der Waals surface area contributed by atoms with Gasteiger partial charge in [0.1, 0.15) is 0 Å². The summed E-state index contributed by atoms with van der Waals surface area (Å²) in [6, 6.07) is 15.9. The van der Waals surface area contributed by atoms with E-state index in [1.807, 2.05) is 55.5 Å². The van der Waals surface area contributed by atoms with E-state index in [0.717, 1.165) is 33.3 Å². The predicted octanol–water partition coefficient (Wildman–Crippen LogP) is 4.27. The molecule has 2 heterocycles. The van der Waals surface area contributed by atoms with Crippen molar-refractivity contribution in [2.24, 2.45) is 4.99 Å². The highest BCUT2D eigenvalue weighted by molar-refractivity contribution is 6.44. The molecule has 0 saturated heterocycles. The van der Waals surface area contributed by atoms with Gasteiger partial charge < -0.3 is 15.8 Å². The van der Waals surface area contributed by atoms with E-state index in [9.17, 15) is 9.90 Å². The van der Waals surface area contributed by atoms with Gasteiger partial charge >= 0.3 is 5.97 Å². The fourth-order valence-electron chi connectivity index (χ4n) is 4.71. The van der Waals surface area contributed by atoms with Gasteiger partial charge in [0.05, 0.1) is 11.1 Å². The van der Waals surface area contributed by atoms with Crippen molar-refractivity contribution < 1.29 is 9.90 Å². The first kappa shape index (κ1) is 16.6. The molecule has 0 amide bonds. The van der Waals surface area contributed by atoms with Crippen LogP contribution in [0.4, 0.5) is 5.69 Å². The Labute approximate surface area is 161 Å². The van der Waals surface area contributed by atoms with Crippen LogP contribution in [-0.4, -0.2) is 21.8 Å². The summed E-state index contributed by atoms with van der Waals surface area (Å²) in [5, 5.41) is 10.7. The Balaban J connectivity index is 1.93. The summed E-state index contributed by atoms with van der Waals surface area (Å²) in [6.45, 7) is 3.92. The van der Waals surface area contributed by atoms with E-state index in [0.29, 0.717) is 17.0 Å². The molecule has 0 radical (unpaired) electrons. The zero-order valence-corrected chi connectivity index (χ0v) is 15.6. The molecule has 5 heteroatoms. The number of H-pyrrole nitrogens is 1. The third-order valence-corrected chi connectivity index (χ3v) is 5.95. The minimum absolute atomic E-state index is 0.0939. The quantitative estimate of drug-likeness (QED) is 0.589. The molecule has 3 aromatic rings. The van der Waals surface area contributed by atoms with E-state index in [-0.39, 0.29) is 5.71 Å².